The largest absolute Gasteiger partial charge is 0.331 e. The molecule has 0 aliphatic rings. The van der Waals surface area contributed by atoms with Gasteiger partial charge >= 0.3 is 0 Å². The average molecular weight is 243 g/mol. The van der Waals surface area contributed by atoms with Crippen molar-refractivity contribution >= 4 is 15.9 Å². The van der Waals surface area contributed by atoms with E-state index < -0.39 is 0 Å². The minimum Gasteiger partial charge on any atom is -0.331 e. The lowest BCUT2D eigenvalue weighted by Crippen LogP contribution is -1.93. The van der Waals surface area contributed by atoms with Crippen molar-refractivity contribution in [1.29, 1.82) is 0 Å². The highest BCUT2D eigenvalue weighted by Crippen LogP contribution is 2.18. The Kier molecular flexibility index (Phi) is 1.91. The summed E-state index contributed by atoms with van der Waals surface area (Å²) in [6, 6.07) is 1.89. The number of hydrogen-bond acceptors (Lipinski definition) is 4. The van der Waals surface area contributed by atoms with E-state index in [-0.39, 0.29) is 0 Å². The molecule has 0 aliphatic carbocycles. The van der Waals surface area contributed by atoms with Gasteiger partial charge in [-0.2, -0.15) is 10.1 Å². The van der Waals surface area contributed by atoms with Crippen molar-refractivity contribution in [2.75, 3.05) is 0 Å². The molecule has 2 aromatic rings. The summed E-state index contributed by atoms with van der Waals surface area (Å²) in [5, 5.41) is 7.80. The normalized spacial score (nSPS) is 10.7. The van der Waals surface area contributed by atoms with Crippen molar-refractivity contribution in [3.8, 4) is 11.6 Å². The zero-order chi connectivity index (χ0) is 9.42. The number of hydrogen-bond donors (Lipinski definition) is 0. The Morgan fingerprint density at radius 1 is 1.54 bits per heavy atom. The molecule has 0 unspecified atom stereocenters. The smallest absolute Gasteiger partial charge is 0.276 e. The number of aryl methyl sites for hydroxylation is 2. The first-order valence-electron chi connectivity index (χ1n) is 3.67. The van der Waals surface area contributed by atoms with Gasteiger partial charge in [0.15, 0.2) is 0 Å². The minimum atomic E-state index is 0.446. The fourth-order valence-electron chi connectivity index (χ4n) is 1.12. The molecule has 0 aliphatic heterocycles. The molecule has 0 radical (unpaired) electrons. The Bertz CT molecular complexity index is 433. The molecular formula is C7H7BrN4O. The van der Waals surface area contributed by atoms with E-state index in [1.807, 2.05) is 20.0 Å². The van der Waals surface area contributed by atoms with Crippen LogP contribution in [0.2, 0.25) is 0 Å². The van der Waals surface area contributed by atoms with Crippen molar-refractivity contribution in [2.45, 2.75) is 6.92 Å². The molecule has 2 rings (SSSR count). The van der Waals surface area contributed by atoms with E-state index in [0.29, 0.717) is 10.6 Å². The van der Waals surface area contributed by atoms with Crippen LogP contribution in [0.25, 0.3) is 11.6 Å². The Hall–Kier alpha value is -1.17. The summed E-state index contributed by atoms with van der Waals surface area (Å²) in [7, 11) is 1.83. The molecule has 0 spiro atoms. The lowest BCUT2D eigenvalue weighted by Gasteiger charge is -1.92. The molecule has 0 saturated carbocycles. The van der Waals surface area contributed by atoms with Gasteiger partial charge in [0, 0.05) is 7.05 Å². The predicted octanol–water partition coefficient (Wildman–Crippen LogP) is 1.54. The molecule has 2 aromatic heterocycles. The van der Waals surface area contributed by atoms with Gasteiger partial charge in [-0.15, -0.1) is 0 Å². The monoisotopic (exact) mass is 242 g/mol. The summed E-state index contributed by atoms with van der Waals surface area (Å²) < 4.78 is 7.13. The molecular weight excluding hydrogens is 236 g/mol. The van der Waals surface area contributed by atoms with E-state index in [1.54, 1.807) is 4.68 Å². The fraction of sp³-hybridized carbons (Fsp3) is 0.286. The maximum absolute atomic E-state index is 4.98. The van der Waals surface area contributed by atoms with Gasteiger partial charge in [0.25, 0.3) is 5.89 Å². The third-order valence-corrected chi connectivity index (χ3v) is 1.94. The van der Waals surface area contributed by atoms with E-state index >= 15 is 0 Å². The Morgan fingerprint density at radius 3 is 2.77 bits per heavy atom. The first-order valence-corrected chi connectivity index (χ1v) is 4.46. The van der Waals surface area contributed by atoms with E-state index in [4.69, 9.17) is 4.52 Å². The molecule has 0 aromatic carbocycles. The molecule has 6 heteroatoms. The van der Waals surface area contributed by atoms with Crippen LogP contribution in [0.15, 0.2) is 15.3 Å². The highest BCUT2D eigenvalue weighted by Gasteiger charge is 2.11. The third kappa shape index (κ3) is 1.49. The molecule has 2 heterocycles. The van der Waals surface area contributed by atoms with Crippen molar-refractivity contribution in [3.63, 3.8) is 0 Å². The van der Waals surface area contributed by atoms with E-state index in [2.05, 4.69) is 31.2 Å². The Balaban J connectivity index is 2.51. The van der Waals surface area contributed by atoms with Crippen molar-refractivity contribution in [2.24, 2.45) is 7.05 Å². The molecule has 0 N–H and O–H groups in total. The van der Waals surface area contributed by atoms with Gasteiger partial charge in [0.2, 0.25) is 4.73 Å². The van der Waals surface area contributed by atoms with Gasteiger partial charge in [-0.1, -0.05) is 0 Å². The minimum absolute atomic E-state index is 0.446. The number of halogens is 1. The van der Waals surface area contributed by atoms with Crippen LogP contribution in [0.4, 0.5) is 0 Å². The molecule has 5 nitrogen and oxygen atoms in total. The molecule has 13 heavy (non-hydrogen) atoms. The summed E-state index contributed by atoms with van der Waals surface area (Å²) in [6.07, 6.45) is 0. The highest BCUT2D eigenvalue weighted by atomic mass is 79.9. The zero-order valence-electron chi connectivity index (χ0n) is 7.15. The topological polar surface area (TPSA) is 56.7 Å². The zero-order valence-corrected chi connectivity index (χ0v) is 8.74. The first kappa shape index (κ1) is 8.43. The molecule has 0 saturated heterocycles. The lowest BCUT2D eigenvalue weighted by atomic mass is 10.4. The van der Waals surface area contributed by atoms with Crippen molar-refractivity contribution in [3.05, 3.63) is 16.5 Å². The van der Waals surface area contributed by atoms with Crippen LogP contribution in [-0.2, 0) is 7.05 Å². The van der Waals surface area contributed by atoms with Gasteiger partial charge < -0.3 is 4.52 Å². The number of nitrogens with zero attached hydrogens (tertiary/aromatic N) is 4. The summed E-state index contributed by atoms with van der Waals surface area (Å²) in [5.41, 5.74) is 1.74. The van der Waals surface area contributed by atoms with Crippen LogP contribution in [0, 0.1) is 6.92 Å². The standard InChI is InChI=1S/C7H7BrN4O/c1-4-3-5(12(2)10-4)6-9-7(8)11-13-6/h3H,1-2H3. The van der Waals surface area contributed by atoms with E-state index in [1.165, 1.54) is 0 Å². The Morgan fingerprint density at radius 2 is 2.31 bits per heavy atom. The SMILES string of the molecule is Cc1cc(-c2nc(Br)no2)n(C)n1. The van der Waals surface area contributed by atoms with Crippen molar-refractivity contribution < 1.29 is 4.52 Å². The lowest BCUT2D eigenvalue weighted by molar-refractivity contribution is 0.423. The van der Waals surface area contributed by atoms with E-state index in [9.17, 15) is 0 Å². The van der Waals surface area contributed by atoms with Crippen LogP contribution in [0.1, 0.15) is 5.69 Å². The quantitative estimate of drug-likeness (QED) is 0.762. The van der Waals surface area contributed by atoms with Crippen LogP contribution < -0.4 is 0 Å². The second kappa shape index (κ2) is 2.95. The van der Waals surface area contributed by atoms with Gasteiger partial charge in [-0.3, -0.25) is 4.68 Å². The number of rotatable bonds is 1. The average Bonchev–Trinajstić information content (AvgIpc) is 2.58. The summed E-state index contributed by atoms with van der Waals surface area (Å²) in [6.45, 7) is 1.91. The number of aromatic nitrogens is 4. The summed E-state index contributed by atoms with van der Waals surface area (Å²) in [4.78, 5) is 4.03. The summed E-state index contributed by atoms with van der Waals surface area (Å²) >= 11 is 3.12. The van der Waals surface area contributed by atoms with Gasteiger partial charge in [-0.25, -0.2) is 0 Å². The first-order chi connectivity index (χ1) is 6.16. The maximum atomic E-state index is 4.98. The molecule has 0 bridgehead atoms. The molecule has 0 amide bonds. The second-order valence-corrected chi connectivity index (χ2v) is 3.37. The second-order valence-electron chi connectivity index (χ2n) is 2.66. The third-order valence-electron chi connectivity index (χ3n) is 1.62. The molecule has 0 fully saturated rings. The van der Waals surface area contributed by atoms with Gasteiger partial charge in [0.05, 0.1) is 5.69 Å². The molecule has 68 valence electrons. The highest BCUT2D eigenvalue weighted by molar-refractivity contribution is 9.10. The van der Waals surface area contributed by atoms with Crippen LogP contribution in [0.5, 0.6) is 0 Å². The van der Waals surface area contributed by atoms with Gasteiger partial charge in [-0.05, 0) is 34.1 Å². The van der Waals surface area contributed by atoms with E-state index in [0.717, 1.165) is 11.4 Å². The van der Waals surface area contributed by atoms with Crippen LogP contribution in [-0.4, -0.2) is 19.9 Å². The Labute approximate surface area is 82.9 Å². The fourth-order valence-corrected chi connectivity index (χ4v) is 1.35. The van der Waals surface area contributed by atoms with Crippen LogP contribution in [0.3, 0.4) is 0 Å². The van der Waals surface area contributed by atoms with Crippen molar-refractivity contribution in [1.82, 2.24) is 19.9 Å². The van der Waals surface area contributed by atoms with Crippen LogP contribution >= 0.6 is 15.9 Å². The summed E-state index contributed by atoms with van der Waals surface area (Å²) in [5.74, 6) is 0.468. The maximum Gasteiger partial charge on any atom is 0.276 e. The van der Waals surface area contributed by atoms with Gasteiger partial charge in [0.1, 0.15) is 5.69 Å². The predicted molar refractivity (Wildman–Crippen MR) is 48.9 cm³/mol. The molecule has 0 atom stereocenters.